The number of halogens is 1. The predicted molar refractivity (Wildman–Crippen MR) is 110 cm³/mol. The molecule has 2 nitrogen and oxygen atoms in total. The number of pyridine rings is 1. The number of hydrogen-bond acceptors (Lipinski definition) is 2. The zero-order valence-electron chi connectivity index (χ0n) is 14.6. The molecule has 1 aromatic heterocycles. The molecule has 27 heavy (non-hydrogen) atoms. The molecule has 4 rings (SSSR count). The van der Waals surface area contributed by atoms with Crippen LogP contribution in [0, 0.1) is 0 Å². The number of hydrogen-bond donors (Lipinski definition) is 1. The first-order valence-corrected chi connectivity index (χ1v) is 9.11. The van der Waals surface area contributed by atoms with Crippen molar-refractivity contribution < 1.29 is 5.11 Å². The summed E-state index contributed by atoms with van der Waals surface area (Å²) in [4.78, 5) is 4.11. The fourth-order valence-electron chi connectivity index (χ4n) is 3.46. The van der Waals surface area contributed by atoms with Gasteiger partial charge in [0.15, 0.2) is 0 Å². The van der Waals surface area contributed by atoms with Gasteiger partial charge in [-0.05, 0) is 46.5 Å². The van der Waals surface area contributed by atoms with Crippen molar-refractivity contribution in [3.05, 3.63) is 125 Å². The molecule has 0 saturated carbocycles. The van der Waals surface area contributed by atoms with Gasteiger partial charge in [-0.25, -0.2) is 0 Å². The lowest BCUT2D eigenvalue weighted by molar-refractivity contribution is 0.126. The van der Waals surface area contributed by atoms with Crippen LogP contribution in [0.15, 0.2) is 103 Å². The molecule has 3 heteroatoms. The van der Waals surface area contributed by atoms with Crippen LogP contribution in [0.5, 0.6) is 0 Å². The molecule has 0 aliphatic carbocycles. The summed E-state index contributed by atoms with van der Waals surface area (Å²) < 4.78 is 0. The summed E-state index contributed by atoms with van der Waals surface area (Å²) in [5, 5.41) is 12.7. The predicted octanol–water partition coefficient (Wildman–Crippen LogP) is 5.69. The van der Waals surface area contributed by atoms with Crippen molar-refractivity contribution >= 4 is 11.6 Å². The Kier molecular flexibility index (Phi) is 4.76. The quantitative estimate of drug-likeness (QED) is 0.500. The molecule has 3 aromatic carbocycles. The van der Waals surface area contributed by atoms with Crippen LogP contribution in [0.1, 0.15) is 16.7 Å². The molecule has 1 unspecified atom stereocenters. The average molecular weight is 372 g/mol. The van der Waals surface area contributed by atoms with Crippen molar-refractivity contribution in [2.75, 3.05) is 0 Å². The lowest BCUT2D eigenvalue weighted by Crippen LogP contribution is -2.29. The maximum atomic E-state index is 12.1. The van der Waals surface area contributed by atoms with Crippen molar-refractivity contribution in [1.82, 2.24) is 4.98 Å². The van der Waals surface area contributed by atoms with Crippen molar-refractivity contribution in [3.8, 4) is 11.1 Å². The van der Waals surface area contributed by atoms with Gasteiger partial charge in [0.25, 0.3) is 0 Å². The molecule has 0 aliphatic heterocycles. The smallest absolute Gasteiger partial charge is 0.141 e. The SMILES string of the molecule is OC(c1ccccc1)(c1ccncc1)c1ccccc1-c1cccc(Cl)c1. The van der Waals surface area contributed by atoms with E-state index in [9.17, 15) is 5.11 Å². The molecule has 1 N–H and O–H groups in total. The summed E-state index contributed by atoms with van der Waals surface area (Å²) in [5.41, 5.74) is 2.93. The van der Waals surface area contributed by atoms with E-state index in [1.807, 2.05) is 91.0 Å². The molecule has 1 atom stereocenters. The molecular weight excluding hydrogens is 354 g/mol. The minimum Gasteiger partial charge on any atom is -0.376 e. The Balaban J connectivity index is 2.01. The summed E-state index contributed by atoms with van der Waals surface area (Å²) in [5.74, 6) is 0. The Morgan fingerprint density at radius 2 is 1.37 bits per heavy atom. The molecule has 0 saturated heterocycles. The Hall–Kier alpha value is -2.94. The summed E-state index contributed by atoms with van der Waals surface area (Å²) >= 11 is 6.22. The van der Waals surface area contributed by atoms with Gasteiger partial charge in [-0.15, -0.1) is 0 Å². The Bertz CT molecular complexity index is 1010. The summed E-state index contributed by atoms with van der Waals surface area (Å²) in [6, 6.07) is 29.0. The van der Waals surface area contributed by atoms with E-state index in [1.54, 1.807) is 12.4 Å². The number of aromatic nitrogens is 1. The Labute approximate surface area is 163 Å². The summed E-state index contributed by atoms with van der Waals surface area (Å²) in [7, 11) is 0. The van der Waals surface area contributed by atoms with Gasteiger partial charge >= 0.3 is 0 Å². The van der Waals surface area contributed by atoms with Gasteiger partial charge in [0.1, 0.15) is 5.60 Å². The van der Waals surface area contributed by atoms with Crippen molar-refractivity contribution in [2.24, 2.45) is 0 Å². The normalized spacial score (nSPS) is 13.1. The number of aliphatic hydroxyl groups is 1. The molecule has 132 valence electrons. The highest BCUT2D eigenvalue weighted by molar-refractivity contribution is 6.30. The Morgan fingerprint density at radius 1 is 0.704 bits per heavy atom. The molecule has 0 spiro atoms. The van der Waals surface area contributed by atoms with E-state index in [0.717, 1.165) is 27.8 Å². The number of rotatable bonds is 4. The highest BCUT2D eigenvalue weighted by Gasteiger charge is 2.35. The lowest BCUT2D eigenvalue weighted by Gasteiger charge is -2.32. The summed E-state index contributed by atoms with van der Waals surface area (Å²) in [6.07, 6.45) is 3.40. The van der Waals surface area contributed by atoms with E-state index in [4.69, 9.17) is 11.6 Å². The van der Waals surface area contributed by atoms with Crippen LogP contribution >= 0.6 is 11.6 Å². The van der Waals surface area contributed by atoms with Crippen LogP contribution < -0.4 is 0 Å². The van der Waals surface area contributed by atoms with Gasteiger partial charge < -0.3 is 5.11 Å². The first-order chi connectivity index (χ1) is 13.2. The largest absolute Gasteiger partial charge is 0.376 e. The highest BCUT2D eigenvalue weighted by atomic mass is 35.5. The Morgan fingerprint density at radius 3 is 2.11 bits per heavy atom. The molecule has 1 heterocycles. The molecule has 0 bridgehead atoms. The van der Waals surface area contributed by atoms with Gasteiger partial charge in [-0.3, -0.25) is 4.98 Å². The third-order valence-electron chi connectivity index (χ3n) is 4.74. The third kappa shape index (κ3) is 3.25. The van der Waals surface area contributed by atoms with E-state index in [2.05, 4.69) is 4.98 Å². The lowest BCUT2D eigenvalue weighted by atomic mass is 9.77. The third-order valence-corrected chi connectivity index (χ3v) is 4.98. The van der Waals surface area contributed by atoms with Crippen molar-refractivity contribution in [2.45, 2.75) is 5.60 Å². The molecule has 0 radical (unpaired) electrons. The molecular formula is C24H18ClNO. The zero-order valence-corrected chi connectivity index (χ0v) is 15.3. The first-order valence-electron chi connectivity index (χ1n) is 8.73. The second kappa shape index (κ2) is 7.36. The highest BCUT2D eigenvalue weighted by Crippen LogP contribution is 2.41. The second-order valence-corrected chi connectivity index (χ2v) is 6.80. The van der Waals surface area contributed by atoms with Gasteiger partial charge in [0.05, 0.1) is 0 Å². The van der Waals surface area contributed by atoms with E-state index in [-0.39, 0.29) is 0 Å². The van der Waals surface area contributed by atoms with Crippen LogP contribution in [-0.4, -0.2) is 10.1 Å². The van der Waals surface area contributed by atoms with Crippen LogP contribution in [0.4, 0.5) is 0 Å². The maximum absolute atomic E-state index is 12.1. The zero-order chi connectivity index (χ0) is 18.7. The second-order valence-electron chi connectivity index (χ2n) is 6.37. The maximum Gasteiger partial charge on any atom is 0.141 e. The minimum atomic E-state index is -1.32. The van der Waals surface area contributed by atoms with E-state index in [0.29, 0.717) is 5.02 Å². The van der Waals surface area contributed by atoms with E-state index < -0.39 is 5.60 Å². The average Bonchev–Trinajstić information content (AvgIpc) is 2.74. The van der Waals surface area contributed by atoms with Crippen LogP contribution in [0.2, 0.25) is 5.02 Å². The van der Waals surface area contributed by atoms with Gasteiger partial charge in [0.2, 0.25) is 0 Å². The standard InChI is InChI=1S/C24H18ClNO/c25-21-10-6-7-18(17-21)22-11-4-5-12-23(22)24(27,19-8-2-1-3-9-19)20-13-15-26-16-14-20/h1-17,27H. The van der Waals surface area contributed by atoms with Crippen LogP contribution in [-0.2, 0) is 5.60 Å². The summed E-state index contributed by atoms with van der Waals surface area (Å²) in [6.45, 7) is 0. The molecule has 0 aliphatic rings. The fourth-order valence-corrected chi connectivity index (χ4v) is 3.65. The van der Waals surface area contributed by atoms with Crippen molar-refractivity contribution in [3.63, 3.8) is 0 Å². The van der Waals surface area contributed by atoms with E-state index in [1.165, 1.54) is 0 Å². The van der Waals surface area contributed by atoms with Crippen molar-refractivity contribution in [1.29, 1.82) is 0 Å². The van der Waals surface area contributed by atoms with Crippen LogP contribution in [0.3, 0.4) is 0 Å². The number of benzene rings is 3. The fraction of sp³-hybridized carbons (Fsp3) is 0.0417. The molecule has 4 aromatic rings. The number of nitrogens with zero attached hydrogens (tertiary/aromatic N) is 1. The minimum absolute atomic E-state index is 0.662. The van der Waals surface area contributed by atoms with Crippen LogP contribution in [0.25, 0.3) is 11.1 Å². The van der Waals surface area contributed by atoms with Gasteiger partial charge in [-0.1, -0.05) is 78.3 Å². The topological polar surface area (TPSA) is 33.1 Å². The molecule has 0 amide bonds. The van der Waals surface area contributed by atoms with E-state index >= 15 is 0 Å². The van der Waals surface area contributed by atoms with Gasteiger partial charge in [-0.2, -0.15) is 0 Å². The van der Waals surface area contributed by atoms with Gasteiger partial charge in [0, 0.05) is 23.0 Å². The molecule has 0 fully saturated rings. The monoisotopic (exact) mass is 371 g/mol. The first kappa shape index (κ1) is 17.5.